The van der Waals surface area contributed by atoms with Crippen molar-refractivity contribution in [3.05, 3.63) is 77.2 Å². The molecule has 6 nitrogen and oxygen atoms in total. The SMILES string of the molecule is CC.Cc1ccc(F)cc1C(=O)N1CCCOC1Cc1cnn(-c2ccc(F)cn2)c1. The molecular weight excluding hydrogens is 402 g/mol. The third-order valence-electron chi connectivity index (χ3n) is 4.88. The molecule has 2 aromatic heterocycles. The summed E-state index contributed by atoms with van der Waals surface area (Å²) in [5, 5.41) is 4.26. The van der Waals surface area contributed by atoms with Gasteiger partial charge in [0.15, 0.2) is 5.82 Å². The molecule has 0 spiro atoms. The molecule has 1 fully saturated rings. The molecule has 3 aromatic rings. The number of carbonyl (C=O) groups excluding carboxylic acids is 1. The first-order chi connectivity index (χ1) is 15.0. The molecule has 0 saturated carbocycles. The van der Waals surface area contributed by atoms with E-state index in [1.165, 1.54) is 24.3 Å². The smallest absolute Gasteiger partial charge is 0.256 e. The van der Waals surface area contributed by atoms with Gasteiger partial charge in [-0.3, -0.25) is 4.79 Å². The standard InChI is InChI=1S/C21H20F2N4O2.C2H6/c1-14-3-4-16(22)10-18(14)21(28)26-7-2-8-29-20(26)9-15-11-25-27(13-15)19-6-5-17(23)12-24-19;1-2/h3-6,10-13,20H,2,7-9H2,1H3;1-2H3. The van der Waals surface area contributed by atoms with E-state index in [1.54, 1.807) is 35.0 Å². The fourth-order valence-corrected chi connectivity index (χ4v) is 3.36. The second-order valence-electron chi connectivity index (χ2n) is 6.97. The molecule has 1 aromatic carbocycles. The highest BCUT2D eigenvalue weighted by molar-refractivity contribution is 5.95. The van der Waals surface area contributed by atoms with Crippen molar-refractivity contribution in [3.63, 3.8) is 0 Å². The Balaban J connectivity index is 0.00000132. The van der Waals surface area contributed by atoms with Crippen molar-refractivity contribution in [1.82, 2.24) is 19.7 Å². The molecule has 164 valence electrons. The number of pyridine rings is 1. The minimum absolute atomic E-state index is 0.251. The van der Waals surface area contributed by atoms with Gasteiger partial charge in [0.25, 0.3) is 5.91 Å². The van der Waals surface area contributed by atoms with Crippen molar-refractivity contribution in [2.75, 3.05) is 13.2 Å². The quantitative estimate of drug-likeness (QED) is 0.621. The second kappa shape index (κ2) is 10.3. The van der Waals surface area contributed by atoms with Gasteiger partial charge in [0.05, 0.1) is 19.0 Å². The van der Waals surface area contributed by atoms with Crippen molar-refractivity contribution in [2.24, 2.45) is 0 Å². The van der Waals surface area contributed by atoms with Crippen molar-refractivity contribution in [1.29, 1.82) is 0 Å². The van der Waals surface area contributed by atoms with Gasteiger partial charge in [-0.05, 0) is 48.7 Å². The van der Waals surface area contributed by atoms with Crippen LogP contribution in [-0.2, 0) is 11.2 Å². The van der Waals surface area contributed by atoms with Crippen LogP contribution in [0.1, 0.15) is 41.8 Å². The number of hydrogen-bond donors (Lipinski definition) is 0. The number of hydrogen-bond acceptors (Lipinski definition) is 4. The largest absolute Gasteiger partial charge is 0.358 e. The van der Waals surface area contributed by atoms with Crippen molar-refractivity contribution >= 4 is 5.91 Å². The van der Waals surface area contributed by atoms with E-state index in [-0.39, 0.29) is 5.91 Å². The maximum Gasteiger partial charge on any atom is 0.256 e. The van der Waals surface area contributed by atoms with E-state index in [4.69, 9.17) is 4.74 Å². The highest BCUT2D eigenvalue weighted by Crippen LogP contribution is 2.21. The fourth-order valence-electron chi connectivity index (χ4n) is 3.36. The van der Waals surface area contributed by atoms with E-state index in [1.807, 2.05) is 13.8 Å². The Morgan fingerprint density at radius 1 is 1.16 bits per heavy atom. The van der Waals surface area contributed by atoms with Gasteiger partial charge < -0.3 is 9.64 Å². The van der Waals surface area contributed by atoms with E-state index >= 15 is 0 Å². The lowest BCUT2D eigenvalue weighted by atomic mass is 10.1. The summed E-state index contributed by atoms with van der Waals surface area (Å²) in [7, 11) is 0. The molecule has 4 rings (SSSR count). The van der Waals surface area contributed by atoms with Crippen LogP contribution in [0.5, 0.6) is 0 Å². The monoisotopic (exact) mass is 428 g/mol. The van der Waals surface area contributed by atoms with Gasteiger partial charge in [-0.1, -0.05) is 19.9 Å². The molecular formula is C23H26F2N4O2. The predicted molar refractivity (Wildman–Crippen MR) is 113 cm³/mol. The minimum atomic E-state index is -0.474. The molecule has 1 unspecified atom stereocenters. The lowest BCUT2D eigenvalue weighted by molar-refractivity contribution is -0.0762. The molecule has 0 aliphatic carbocycles. The average Bonchev–Trinajstić information content (AvgIpc) is 3.26. The van der Waals surface area contributed by atoms with Gasteiger partial charge in [-0.15, -0.1) is 0 Å². The lowest BCUT2D eigenvalue weighted by Gasteiger charge is -2.35. The van der Waals surface area contributed by atoms with E-state index in [2.05, 4.69) is 10.1 Å². The van der Waals surface area contributed by atoms with Crippen LogP contribution in [0.4, 0.5) is 8.78 Å². The number of rotatable bonds is 4. The van der Waals surface area contributed by atoms with Crippen LogP contribution in [0.3, 0.4) is 0 Å². The third kappa shape index (κ3) is 5.32. The second-order valence-corrected chi connectivity index (χ2v) is 6.97. The summed E-state index contributed by atoms with van der Waals surface area (Å²) in [4.78, 5) is 18.7. The normalized spacial score (nSPS) is 15.9. The Morgan fingerprint density at radius 3 is 2.68 bits per heavy atom. The molecule has 8 heteroatoms. The number of nitrogens with zero attached hydrogens (tertiary/aromatic N) is 4. The summed E-state index contributed by atoms with van der Waals surface area (Å²) in [5.74, 6) is -0.621. The summed E-state index contributed by atoms with van der Waals surface area (Å²) in [5.41, 5.74) is 1.90. The van der Waals surface area contributed by atoms with Gasteiger partial charge in [-0.2, -0.15) is 5.10 Å². The minimum Gasteiger partial charge on any atom is -0.358 e. The predicted octanol–water partition coefficient (Wildman–Crippen LogP) is 4.31. The van der Waals surface area contributed by atoms with Crippen LogP contribution in [0.2, 0.25) is 0 Å². The number of benzene rings is 1. The highest BCUT2D eigenvalue weighted by atomic mass is 19.1. The Bertz CT molecular complexity index is 1020. The van der Waals surface area contributed by atoms with E-state index in [0.717, 1.165) is 23.7 Å². The molecule has 1 aliphatic heterocycles. The highest BCUT2D eigenvalue weighted by Gasteiger charge is 2.29. The number of amides is 1. The Kier molecular flexibility index (Phi) is 7.46. The van der Waals surface area contributed by atoms with E-state index < -0.39 is 17.9 Å². The Hall–Kier alpha value is -3.13. The zero-order valence-electron chi connectivity index (χ0n) is 17.9. The summed E-state index contributed by atoms with van der Waals surface area (Å²) < 4.78 is 34.1. The molecule has 1 aliphatic rings. The van der Waals surface area contributed by atoms with Crippen LogP contribution in [0.15, 0.2) is 48.9 Å². The molecule has 3 heterocycles. The van der Waals surface area contributed by atoms with Gasteiger partial charge in [0.2, 0.25) is 0 Å². The summed E-state index contributed by atoms with van der Waals surface area (Å²) >= 11 is 0. The summed E-state index contributed by atoms with van der Waals surface area (Å²) in [6.45, 7) is 6.86. The van der Waals surface area contributed by atoms with Crippen molar-refractivity contribution in [2.45, 2.75) is 39.8 Å². The number of halogens is 2. The first-order valence-electron chi connectivity index (χ1n) is 10.4. The maximum atomic E-state index is 13.7. The number of aromatic nitrogens is 3. The van der Waals surface area contributed by atoms with E-state index in [0.29, 0.717) is 31.0 Å². The first-order valence-corrected chi connectivity index (χ1v) is 10.4. The summed E-state index contributed by atoms with van der Waals surface area (Å²) in [6, 6.07) is 7.05. The third-order valence-corrected chi connectivity index (χ3v) is 4.88. The Morgan fingerprint density at radius 2 is 1.94 bits per heavy atom. The molecule has 1 atom stereocenters. The van der Waals surface area contributed by atoms with Crippen molar-refractivity contribution in [3.8, 4) is 5.82 Å². The zero-order valence-corrected chi connectivity index (χ0v) is 17.9. The maximum absolute atomic E-state index is 13.7. The van der Waals surface area contributed by atoms with Crippen LogP contribution < -0.4 is 0 Å². The van der Waals surface area contributed by atoms with Crippen LogP contribution in [0, 0.1) is 18.6 Å². The van der Waals surface area contributed by atoms with Crippen LogP contribution >= 0.6 is 0 Å². The molecule has 1 saturated heterocycles. The average molecular weight is 428 g/mol. The zero-order chi connectivity index (χ0) is 22.4. The van der Waals surface area contributed by atoms with Gasteiger partial charge >= 0.3 is 0 Å². The number of aryl methyl sites for hydroxylation is 1. The first kappa shape index (κ1) is 22.6. The topological polar surface area (TPSA) is 60.3 Å². The lowest BCUT2D eigenvalue weighted by Crippen LogP contribution is -2.47. The van der Waals surface area contributed by atoms with Gasteiger partial charge in [-0.25, -0.2) is 18.4 Å². The fraction of sp³-hybridized carbons (Fsp3) is 0.348. The molecule has 0 radical (unpaired) electrons. The Labute approximate surface area is 180 Å². The van der Waals surface area contributed by atoms with E-state index in [9.17, 15) is 13.6 Å². The van der Waals surface area contributed by atoms with Gasteiger partial charge in [0.1, 0.15) is 17.9 Å². The number of ether oxygens (including phenoxy) is 1. The van der Waals surface area contributed by atoms with Crippen molar-refractivity contribution < 1.29 is 18.3 Å². The summed E-state index contributed by atoms with van der Waals surface area (Å²) in [6.07, 6.45) is 5.24. The number of carbonyl (C=O) groups is 1. The van der Waals surface area contributed by atoms with Crippen LogP contribution in [-0.4, -0.2) is 45.0 Å². The van der Waals surface area contributed by atoms with Crippen LogP contribution in [0.25, 0.3) is 5.82 Å². The molecule has 0 bridgehead atoms. The molecule has 1 amide bonds. The molecule has 31 heavy (non-hydrogen) atoms. The molecule has 0 N–H and O–H groups in total. The van der Waals surface area contributed by atoms with Gasteiger partial charge in [0, 0.05) is 24.7 Å².